The van der Waals surface area contributed by atoms with Crippen molar-refractivity contribution < 1.29 is 23.8 Å². The van der Waals surface area contributed by atoms with E-state index in [1.165, 1.54) is 26.4 Å². The van der Waals surface area contributed by atoms with Gasteiger partial charge in [0.2, 0.25) is 0 Å². The predicted molar refractivity (Wildman–Crippen MR) is 108 cm³/mol. The van der Waals surface area contributed by atoms with Gasteiger partial charge in [-0.1, -0.05) is 13.0 Å². The zero-order valence-corrected chi connectivity index (χ0v) is 17.8. The van der Waals surface area contributed by atoms with Gasteiger partial charge in [0.1, 0.15) is 11.9 Å². The monoisotopic (exact) mass is 401 g/mol. The van der Waals surface area contributed by atoms with Crippen LogP contribution in [0.15, 0.2) is 18.2 Å². The van der Waals surface area contributed by atoms with Crippen LogP contribution in [0.5, 0.6) is 11.5 Å². The van der Waals surface area contributed by atoms with Gasteiger partial charge in [0.15, 0.2) is 11.5 Å². The Morgan fingerprint density at radius 2 is 1.93 bits per heavy atom. The van der Waals surface area contributed by atoms with Gasteiger partial charge >= 0.3 is 6.09 Å². The SMILES string of the molecule is COC(=O)N1C[C@H](c2ccc(OC)c(OC3CC4CCC3C4)c2)[C@@](C)(C(C)=O)C1. The molecule has 6 heteroatoms. The summed E-state index contributed by atoms with van der Waals surface area (Å²) in [6, 6.07) is 5.91. The number of carbonyl (C=O) groups excluding carboxylic acids is 2. The highest BCUT2D eigenvalue weighted by molar-refractivity contribution is 5.85. The van der Waals surface area contributed by atoms with Gasteiger partial charge in [-0.25, -0.2) is 4.79 Å². The van der Waals surface area contributed by atoms with Crippen molar-refractivity contribution in [1.82, 2.24) is 4.90 Å². The lowest BCUT2D eigenvalue weighted by atomic mass is 9.73. The van der Waals surface area contributed by atoms with E-state index in [-0.39, 0.29) is 17.8 Å². The largest absolute Gasteiger partial charge is 0.493 e. The fraction of sp³-hybridized carbons (Fsp3) is 0.652. The van der Waals surface area contributed by atoms with Crippen LogP contribution < -0.4 is 9.47 Å². The molecule has 0 spiro atoms. The summed E-state index contributed by atoms with van der Waals surface area (Å²) in [6.07, 6.45) is 4.80. The minimum Gasteiger partial charge on any atom is -0.493 e. The van der Waals surface area contributed by atoms with Crippen LogP contribution in [0.4, 0.5) is 4.79 Å². The Balaban J connectivity index is 1.63. The number of hydrogen-bond acceptors (Lipinski definition) is 5. The Kier molecular flexibility index (Phi) is 5.21. The van der Waals surface area contributed by atoms with Crippen molar-refractivity contribution in [2.75, 3.05) is 27.3 Å². The van der Waals surface area contributed by atoms with E-state index in [4.69, 9.17) is 14.2 Å². The molecule has 158 valence electrons. The molecule has 5 atom stereocenters. The average molecular weight is 402 g/mol. The van der Waals surface area contributed by atoms with E-state index in [0.29, 0.717) is 24.8 Å². The van der Waals surface area contributed by atoms with E-state index in [2.05, 4.69) is 0 Å². The third-order valence-electron chi connectivity index (χ3n) is 7.47. The first-order valence-corrected chi connectivity index (χ1v) is 10.5. The van der Waals surface area contributed by atoms with Gasteiger partial charge < -0.3 is 19.1 Å². The fourth-order valence-electron chi connectivity index (χ4n) is 5.59. The third-order valence-corrected chi connectivity index (χ3v) is 7.47. The second-order valence-corrected chi connectivity index (χ2v) is 9.12. The number of methoxy groups -OCH3 is 2. The van der Waals surface area contributed by atoms with Crippen LogP contribution in [0.2, 0.25) is 0 Å². The molecule has 1 aromatic carbocycles. The number of rotatable bonds is 5. The lowest BCUT2D eigenvalue weighted by Crippen LogP contribution is -2.35. The lowest BCUT2D eigenvalue weighted by molar-refractivity contribution is -0.125. The molecular weight excluding hydrogens is 370 g/mol. The summed E-state index contributed by atoms with van der Waals surface area (Å²) in [5.74, 6) is 2.84. The molecule has 6 nitrogen and oxygen atoms in total. The summed E-state index contributed by atoms with van der Waals surface area (Å²) in [5, 5.41) is 0. The number of fused-ring (bicyclic) bond motifs is 2. The van der Waals surface area contributed by atoms with Gasteiger partial charge in [-0.2, -0.15) is 0 Å². The third kappa shape index (κ3) is 3.47. The first kappa shape index (κ1) is 20.0. The maximum absolute atomic E-state index is 12.5. The Morgan fingerprint density at radius 1 is 1.14 bits per heavy atom. The quantitative estimate of drug-likeness (QED) is 0.745. The van der Waals surface area contributed by atoms with Crippen molar-refractivity contribution in [3.05, 3.63) is 23.8 Å². The Morgan fingerprint density at radius 3 is 2.52 bits per heavy atom. The van der Waals surface area contributed by atoms with Crippen LogP contribution in [0.3, 0.4) is 0 Å². The molecule has 3 unspecified atom stereocenters. The highest BCUT2D eigenvalue weighted by Gasteiger charge is 2.49. The van der Waals surface area contributed by atoms with E-state index in [1.807, 2.05) is 25.1 Å². The number of benzene rings is 1. The predicted octanol–water partition coefficient (Wildman–Crippen LogP) is 4.02. The van der Waals surface area contributed by atoms with E-state index in [0.717, 1.165) is 23.7 Å². The fourth-order valence-corrected chi connectivity index (χ4v) is 5.59. The Labute approximate surface area is 172 Å². The molecule has 3 fully saturated rings. The Bertz CT molecular complexity index is 808. The molecule has 2 saturated carbocycles. The lowest BCUT2D eigenvalue weighted by Gasteiger charge is -2.29. The standard InChI is InChI=1S/C23H31NO5/c1-14(25)23(2)13-24(22(26)28-4)12-18(23)16-7-8-19(27-3)21(11-16)29-20-10-15-5-6-17(20)9-15/h7-8,11,15,17-18,20H,5-6,9-10,12-13H2,1-4H3/t15?,17?,18-,20?,23-/m1/s1. The number of likely N-dealkylation sites (tertiary alicyclic amines) is 1. The summed E-state index contributed by atoms with van der Waals surface area (Å²) in [5.41, 5.74) is 0.333. The first-order valence-electron chi connectivity index (χ1n) is 10.5. The molecule has 1 heterocycles. The molecule has 4 rings (SSSR count). The zero-order valence-electron chi connectivity index (χ0n) is 17.8. The van der Waals surface area contributed by atoms with Crippen LogP contribution >= 0.6 is 0 Å². The van der Waals surface area contributed by atoms with Gasteiger partial charge in [0.05, 0.1) is 19.6 Å². The van der Waals surface area contributed by atoms with E-state index < -0.39 is 11.5 Å². The molecule has 29 heavy (non-hydrogen) atoms. The van der Waals surface area contributed by atoms with Crippen LogP contribution in [0.25, 0.3) is 0 Å². The van der Waals surface area contributed by atoms with Crippen molar-refractivity contribution in [3.63, 3.8) is 0 Å². The molecule has 2 bridgehead atoms. The van der Waals surface area contributed by atoms with Gasteiger partial charge in [0, 0.05) is 19.0 Å². The van der Waals surface area contributed by atoms with Crippen LogP contribution in [-0.4, -0.2) is 50.2 Å². The smallest absolute Gasteiger partial charge is 0.409 e. The molecule has 3 aliphatic rings. The summed E-state index contributed by atoms with van der Waals surface area (Å²) < 4.78 is 16.9. The molecule has 0 radical (unpaired) electrons. The van der Waals surface area contributed by atoms with Gasteiger partial charge in [-0.15, -0.1) is 0 Å². The molecule has 1 saturated heterocycles. The Hall–Kier alpha value is -2.24. The number of amides is 1. The van der Waals surface area contributed by atoms with Gasteiger partial charge in [0.25, 0.3) is 0 Å². The van der Waals surface area contributed by atoms with Crippen molar-refractivity contribution >= 4 is 11.9 Å². The maximum atomic E-state index is 12.5. The van der Waals surface area contributed by atoms with E-state index >= 15 is 0 Å². The van der Waals surface area contributed by atoms with Crippen molar-refractivity contribution in [2.24, 2.45) is 17.3 Å². The topological polar surface area (TPSA) is 65.1 Å². The summed E-state index contributed by atoms with van der Waals surface area (Å²) >= 11 is 0. The number of hydrogen-bond donors (Lipinski definition) is 0. The number of nitrogens with zero attached hydrogens (tertiary/aromatic N) is 1. The van der Waals surface area contributed by atoms with Crippen LogP contribution in [-0.2, 0) is 9.53 Å². The second-order valence-electron chi connectivity index (χ2n) is 9.12. The second kappa shape index (κ2) is 7.54. The highest BCUT2D eigenvalue weighted by atomic mass is 16.5. The summed E-state index contributed by atoms with van der Waals surface area (Å²) in [7, 11) is 3.02. The van der Waals surface area contributed by atoms with Crippen LogP contribution in [0, 0.1) is 17.3 Å². The van der Waals surface area contributed by atoms with E-state index in [1.54, 1.807) is 18.9 Å². The van der Waals surface area contributed by atoms with Crippen molar-refractivity contribution in [3.8, 4) is 11.5 Å². The molecule has 1 amide bonds. The minimum absolute atomic E-state index is 0.0697. The molecular formula is C23H31NO5. The van der Waals surface area contributed by atoms with Crippen molar-refractivity contribution in [2.45, 2.75) is 51.6 Å². The molecule has 2 aliphatic carbocycles. The number of carbonyl (C=O) groups is 2. The maximum Gasteiger partial charge on any atom is 0.409 e. The number of ketones is 1. The van der Waals surface area contributed by atoms with Crippen molar-refractivity contribution in [1.29, 1.82) is 0 Å². The highest BCUT2D eigenvalue weighted by Crippen LogP contribution is 2.48. The van der Waals surface area contributed by atoms with Crippen LogP contribution in [0.1, 0.15) is 51.0 Å². The number of Topliss-reactive ketones (excluding diaryl/α,β-unsaturated/α-hetero) is 1. The normalized spacial score (nSPS) is 33.0. The molecule has 1 aromatic rings. The molecule has 1 aliphatic heterocycles. The first-order chi connectivity index (χ1) is 13.9. The minimum atomic E-state index is -0.660. The van der Waals surface area contributed by atoms with Gasteiger partial charge in [-0.3, -0.25) is 4.79 Å². The summed E-state index contributed by atoms with van der Waals surface area (Å²) in [4.78, 5) is 26.3. The molecule has 0 N–H and O–H groups in total. The average Bonchev–Trinajstić information content (AvgIpc) is 3.42. The summed E-state index contributed by atoms with van der Waals surface area (Å²) in [6.45, 7) is 4.34. The van der Waals surface area contributed by atoms with Gasteiger partial charge in [-0.05, 0) is 62.1 Å². The van der Waals surface area contributed by atoms with E-state index in [9.17, 15) is 9.59 Å². The number of ether oxygens (including phenoxy) is 3. The molecule has 0 aromatic heterocycles. The zero-order chi connectivity index (χ0) is 20.8.